The van der Waals surface area contributed by atoms with Crippen molar-refractivity contribution in [3.63, 3.8) is 0 Å². The minimum absolute atomic E-state index is 0.0986. The van der Waals surface area contributed by atoms with Crippen LogP contribution in [0.4, 0.5) is 5.69 Å². The van der Waals surface area contributed by atoms with E-state index in [1.54, 1.807) is 23.9 Å². The molecule has 1 heterocycles. The Labute approximate surface area is 118 Å². The van der Waals surface area contributed by atoms with E-state index < -0.39 is 10.0 Å². The maximum absolute atomic E-state index is 12.0. The van der Waals surface area contributed by atoms with Crippen molar-refractivity contribution in [2.75, 3.05) is 11.0 Å². The molecule has 96 valence electrons. The summed E-state index contributed by atoms with van der Waals surface area (Å²) in [4.78, 5) is 4.78. The first-order chi connectivity index (χ1) is 8.51. The van der Waals surface area contributed by atoms with E-state index >= 15 is 0 Å². The molecule has 0 unspecified atom stereocenters. The van der Waals surface area contributed by atoms with Gasteiger partial charge in [-0.2, -0.15) is 0 Å². The van der Waals surface area contributed by atoms with Crippen molar-refractivity contribution < 1.29 is 8.42 Å². The van der Waals surface area contributed by atoms with Crippen LogP contribution in [0.25, 0.3) is 0 Å². The largest absolute Gasteiger partial charge is 0.279 e. The number of rotatable bonds is 4. The Balaban J connectivity index is 2.22. The van der Waals surface area contributed by atoms with Gasteiger partial charge in [-0.05, 0) is 30.5 Å². The number of thiazole rings is 1. The molecule has 0 aliphatic heterocycles. The van der Waals surface area contributed by atoms with Crippen LogP contribution < -0.4 is 4.72 Å². The molecule has 8 heteroatoms. The molecule has 0 amide bonds. The molecule has 0 radical (unpaired) electrons. The van der Waals surface area contributed by atoms with Crippen LogP contribution in [0.2, 0.25) is 4.47 Å². The SMILES string of the molecule is CSc1ccc(NS(=O)(=O)c2cnc(Cl)s2)cc1. The van der Waals surface area contributed by atoms with Crippen LogP contribution in [0.1, 0.15) is 0 Å². The molecule has 0 saturated carbocycles. The van der Waals surface area contributed by atoms with E-state index in [2.05, 4.69) is 9.71 Å². The van der Waals surface area contributed by atoms with E-state index in [-0.39, 0.29) is 8.68 Å². The van der Waals surface area contributed by atoms with Gasteiger partial charge in [0.15, 0.2) is 8.68 Å². The number of sulfonamides is 1. The van der Waals surface area contributed by atoms with Crippen LogP contribution in [-0.2, 0) is 10.0 Å². The predicted molar refractivity (Wildman–Crippen MR) is 76.2 cm³/mol. The molecule has 0 saturated heterocycles. The highest BCUT2D eigenvalue weighted by molar-refractivity contribution is 7.98. The van der Waals surface area contributed by atoms with Crippen molar-refractivity contribution in [3.05, 3.63) is 34.9 Å². The van der Waals surface area contributed by atoms with E-state index in [9.17, 15) is 8.42 Å². The third-order valence-electron chi connectivity index (χ3n) is 2.06. The molecule has 2 rings (SSSR count). The first kappa shape index (κ1) is 13.7. The highest BCUT2D eigenvalue weighted by Gasteiger charge is 2.17. The zero-order chi connectivity index (χ0) is 13.2. The summed E-state index contributed by atoms with van der Waals surface area (Å²) in [7, 11) is -3.60. The molecular weight excluding hydrogens is 312 g/mol. The maximum atomic E-state index is 12.0. The van der Waals surface area contributed by atoms with Crippen molar-refractivity contribution in [2.24, 2.45) is 0 Å². The van der Waals surface area contributed by atoms with E-state index in [0.29, 0.717) is 5.69 Å². The van der Waals surface area contributed by atoms with Gasteiger partial charge < -0.3 is 0 Å². The minimum atomic E-state index is -3.60. The second-order valence-electron chi connectivity index (χ2n) is 3.27. The maximum Gasteiger partial charge on any atom is 0.273 e. The number of hydrogen-bond donors (Lipinski definition) is 1. The van der Waals surface area contributed by atoms with Crippen LogP contribution in [0.3, 0.4) is 0 Å². The lowest BCUT2D eigenvalue weighted by molar-refractivity contribution is 0.603. The number of nitrogens with zero attached hydrogens (tertiary/aromatic N) is 1. The van der Waals surface area contributed by atoms with Gasteiger partial charge in [-0.25, -0.2) is 13.4 Å². The Morgan fingerprint density at radius 2 is 2.00 bits per heavy atom. The fraction of sp³-hybridized carbons (Fsp3) is 0.100. The van der Waals surface area contributed by atoms with Crippen LogP contribution in [0, 0.1) is 0 Å². The first-order valence-corrected chi connectivity index (χ1v) is 8.70. The minimum Gasteiger partial charge on any atom is -0.279 e. The number of nitrogens with one attached hydrogen (secondary N) is 1. The van der Waals surface area contributed by atoms with Crippen molar-refractivity contribution >= 4 is 50.4 Å². The molecule has 0 spiro atoms. The second kappa shape index (κ2) is 5.48. The number of aromatic nitrogens is 1. The fourth-order valence-corrected chi connectivity index (χ4v) is 3.99. The van der Waals surface area contributed by atoms with Gasteiger partial charge in [0.2, 0.25) is 0 Å². The lowest BCUT2D eigenvalue weighted by Gasteiger charge is -2.06. The summed E-state index contributed by atoms with van der Waals surface area (Å²) in [6.45, 7) is 0. The number of anilines is 1. The van der Waals surface area contributed by atoms with Crippen LogP contribution in [0.15, 0.2) is 39.6 Å². The summed E-state index contributed by atoms with van der Waals surface area (Å²) in [5.74, 6) is 0. The third-order valence-corrected chi connectivity index (χ3v) is 5.76. The number of halogens is 1. The van der Waals surface area contributed by atoms with Gasteiger partial charge in [0, 0.05) is 10.6 Å². The van der Waals surface area contributed by atoms with Crippen LogP contribution in [-0.4, -0.2) is 19.7 Å². The lowest BCUT2D eigenvalue weighted by atomic mass is 10.3. The predicted octanol–water partition coefficient (Wildman–Crippen LogP) is 3.32. The number of benzene rings is 1. The van der Waals surface area contributed by atoms with E-state index in [1.807, 2.05) is 18.4 Å². The summed E-state index contributed by atoms with van der Waals surface area (Å²) in [6, 6.07) is 7.13. The molecule has 18 heavy (non-hydrogen) atoms. The molecule has 0 aliphatic carbocycles. The lowest BCUT2D eigenvalue weighted by Crippen LogP contribution is -2.11. The Kier molecular flexibility index (Phi) is 4.16. The molecule has 4 nitrogen and oxygen atoms in total. The molecule has 2 aromatic rings. The molecule has 1 aromatic heterocycles. The zero-order valence-electron chi connectivity index (χ0n) is 9.25. The first-order valence-electron chi connectivity index (χ1n) is 4.79. The van der Waals surface area contributed by atoms with Gasteiger partial charge in [0.05, 0.1) is 6.20 Å². The van der Waals surface area contributed by atoms with Gasteiger partial charge in [-0.15, -0.1) is 11.8 Å². The molecular formula is C10H9ClN2O2S3. The zero-order valence-corrected chi connectivity index (χ0v) is 12.5. The summed E-state index contributed by atoms with van der Waals surface area (Å²) in [5, 5.41) is 0. The summed E-state index contributed by atoms with van der Waals surface area (Å²) >= 11 is 8.14. The van der Waals surface area contributed by atoms with E-state index in [0.717, 1.165) is 16.2 Å². The quantitative estimate of drug-likeness (QED) is 0.878. The molecule has 0 aliphatic rings. The summed E-state index contributed by atoms with van der Waals surface area (Å²) < 4.78 is 26.7. The summed E-state index contributed by atoms with van der Waals surface area (Å²) in [5.41, 5.74) is 0.511. The molecule has 0 fully saturated rings. The highest BCUT2D eigenvalue weighted by Crippen LogP contribution is 2.25. The van der Waals surface area contributed by atoms with Crippen molar-refractivity contribution in [1.82, 2.24) is 4.98 Å². The third kappa shape index (κ3) is 3.17. The topological polar surface area (TPSA) is 59.1 Å². The average molecular weight is 321 g/mol. The van der Waals surface area contributed by atoms with Gasteiger partial charge in [0.1, 0.15) is 0 Å². The Morgan fingerprint density at radius 3 is 2.50 bits per heavy atom. The molecule has 0 atom stereocenters. The van der Waals surface area contributed by atoms with Crippen molar-refractivity contribution in [2.45, 2.75) is 9.10 Å². The van der Waals surface area contributed by atoms with Gasteiger partial charge >= 0.3 is 0 Å². The van der Waals surface area contributed by atoms with E-state index in [4.69, 9.17) is 11.6 Å². The van der Waals surface area contributed by atoms with Gasteiger partial charge in [0.25, 0.3) is 10.0 Å². The smallest absolute Gasteiger partial charge is 0.273 e. The standard InChI is InChI=1S/C10H9ClN2O2S3/c1-16-8-4-2-7(3-5-8)13-18(14,15)9-6-12-10(11)17-9/h2-6,13H,1H3. The molecule has 1 aromatic carbocycles. The number of thioether (sulfide) groups is 1. The number of hydrogen-bond acceptors (Lipinski definition) is 5. The summed E-state index contributed by atoms with van der Waals surface area (Å²) in [6.07, 6.45) is 3.20. The van der Waals surface area contributed by atoms with Gasteiger partial charge in [-0.1, -0.05) is 22.9 Å². The van der Waals surface area contributed by atoms with E-state index in [1.165, 1.54) is 6.20 Å². The highest BCUT2D eigenvalue weighted by atomic mass is 35.5. The Hall–Kier alpha value is -0.760. The van der Waals surface area contributed by atoms with Crippen molar-refractivity contribution in [3.8, 4) is 0 Å². The Bertz CT molecular complexity index is 637. The van der Waals surface area contributed by atoms with Crippen molar-refractivity contribution in [1.29, 1.82) is 0 Å². The average Bonchev–Trinajstić information content (AvgIpc) is 2.77. The van der Waals surface area contributed by atoms with Gasteiger partial charge in [-0.3, -0.25) is 4.72 Å². The fourth-order valence-electron chi connectivity index (χ4n) is 1.23. The normalized spacial score (nSPS) is 11.4. The Morgan fingerprint density at radius 1 is 1.33 bits per heavy atom. The van der Waals surface area contributed by atoms with Crippen LogP contribution in [0.5, 0.6) is 0 Å². The van der Waals surface area contributed by atoms with Crippen LogP contribution >= 0.6 is 34.7 Å². The monoisotopic (exact) mass is 320 g/mol. The molecule has 0 bridgehead atoms. The second-order valence-corrected chi connectivity index (χ2v) is 7.67. The molecule has 1 N–H and O–H groups in total.